The Morgan fingerprint density at radius 1 is 1.00 bits per heavy atom. The molecule has 5 nitrogen and oxygen atoms in total. The van der Waals surface area contributed by atoms with E-state index in [-0.39, 0.29) is 11.1 Å². The van der Waals surface area contributed by atoms with E-state index in [0.29, 0.717) is 28.8 Å². The first-order chi connectivity index (χ1) is 11.7. The number of fused-ring (bicyclic) bond motifs is 2. The molecule has 0 spiro atoms. The first-order valence-electron chi connectivity index (χ1n) is 7.81. The maximum absolute atomic E-state index is 12.5. The van der Waals surface area contributed by atoms with Crippen LogP contribution in [0.3, 0.4) is 0 Å². The monoisotopic (exact) mass is 317 g/mol. The SMILES string of the molecule is CCn1c(=O)cc(-c2nc3ccccc3c(=O)[nH]2)c2ccccc21. The summed E-state index contributed by atoms with van der Waals surface area (Å²) in [5, 5.41) is 1.42. The molecule has 2 aromatic carbocycles. The smallest absolute Gasteiger partial charge is 0.259 e. The van der Waals surface area contributed by atoms with Gasteiger partial charge in [0.15, 0.2) is 0 Å². The molecule has 1 N–H and O–H groups in total. The van der Waals surface area contributed by atoms with Gasteiger partial charge in [-0.3, -0.25) is 9.59 Å². The second-order valence-electron chi connectivity index (χ2n) is 5.59. The molecule has 0 saturated heterocycles. The van der Waals surface area contributed by atoms with Crippen LogP contribution in [0.2, 0.25) is 0 Å². The van der Waals surface area contributed by atoms with Gasteiger partial charge in [0.1, 0.15) is 5.82 Å². The summed E-state index contributed by atoms with van der Waals surface area (Å²) in [6, 6.07) is 16.4. The molecule has 4 aromatic rings. The number of hydrogen-bond donors (Lipinski definition) is 1. The summed E-state index contributed by atoms with van der Waals surface area (Å²) in [5.41, 5.74) is 1.77. The minimum absolute atomic E-state index is 0.109. The number of aryl methyl sites for hydroxylation is 1. The third-order valence-corrected chi connectivity index (χ3v) is 4.20. The normalized spacial score (nSPS) is 11.2. The van der Waals surface area contributed by atoms with Crippen molar-refractivity contribution >= 4 is 21.8 Å². The number of aromatic nitrogens is 3. The zero-order chi connectivity index (χ0) is 16.7. The number of nitrogens with one attached hydrogen (secondary N) is 1. The van der Waals surface area contributed by atoms with Gasteiger partial charge in [0.05, 0.1) is 16.4 Å². The van der Waals surface area contributed by atoms with Gasteiger partial charge >= 0.3 is 0 Å². The van der Waals surface area contributed by atoms with Gasteiger partial charge in [-0.05, 0) is 25.1 Å². The summed E-state index contributed by atoms with van der Waals surface area (Å²) in [4.78, 5) is 32.1. The molecule has 0 radical (unpaired) electrons. The molecule has 118 valence electrons. The number of aromatic amines is 1. The Labute approximate surface area is 137 Å². The second-order valence-corrected chi connectivity index (χ2v) is 5.59. The molecule has 0 aliphatic heterocycles. The summed E-state index contributed by atoms with van der Waals surface area (Å²) in [7, 11) is 0. The highest BCUT2D eigenvalue weighted by Gasteiger charge is 2.12. The molecule has 0 bridgehead atoms. The molecule has 2 heterocycles. The molecule has 5 heteroatoms. The highest BCUT2D eigenvalue weighted by atomic mass is 16.1. The summed E-state index contributed by atoms with van der Waals surface area (Å²) >= 11 is 0. The van der Waals surface area contributed by atoms with Crippen LogP contribution in [0.4, 0.5) is 0 Å². The van der Waals surface area contributed by atoms with Crippen LogP contribution in [0.15, 0.2) is 64.2 Å². The van der Waals surface area contributed by atoms with Gasteiger partial charge in [-0.2, -0.15) is 0 Å². The predicted octanol–water partition coefficient (Wildman–Crippen LogP) is 2.92. The van der Waals surface area contributed by atoms with Crippen LogP contribution in [0.1, 0.15) is 6.92 Å². The van der Waals surface area contributed by atoms with Gasteiger partial charge in [0, 0.05) is 23.6 Å². The van der Waals surface area contributed by atoms with Crippen molar-refractivity contribution in [1.82, 2.24) is 14.5 Å². The van der Waals surface area contributed by atoms with Crippen molar-refractivity contribution in [3.63, 3.8) is 0 Å². The minimum Gasteiger partial charge on any atom is -0.309 e. The fourth-order valence-electron chi connectivity index (χ4n) is 3.07. The number of rotatable bonds is 2. The molecule has 4 rings (SSSR count). The lowest BCUT2D eigenvalue weighted by molar-refractivity contribution is 0.760. The van der Waals surface area contributed by atoms with Crippen LogP contribution >= 0.6 is 0 Å². The highest BCUT2D eigenvalue weighted by molar-refractivity contribution is 5.93. The molecule has 0 atom stereocenters. The van der Waals surface area contributed by atoms with Crippen LogP contribution in [-0.4, -0.2) is 14.5 Å². The van der Waals surface area contributed by atoms with Crippen LogP contribution in [0, 0.1) is 0 Å². The molecular formula is C19H15N3O2. The fourth-order valence-corrected chi connectivity index (χ4v) is 3.07. The molecule has 0 aliphatic carbocycles. The molecule has 2 aromatic heterocycles. The van der Waals surface area contributed by atoms with Crippen molar-refractivity contribution in [2.75, 3.05) is 0 Å². The predicted molar refractivity (Wildman–Crippen MR) is 95.2 cm³/mol. The topological polar surface area (TPSA) is 67.8 Å². The van der Waals surface area contributed by atoms with Crippen molar-refractivity contribution in [2.24, 2.45) is 0 Å². The van der Waals surface area contributed by atoms with Crippen LogP contribution < -0.4 is 11.1 Å². The van der Waals surface area contributed by atoms with E-state index in [4.69, 9.17) is 0 Å². The summed E-state index contributed by atoms with van der Waals surface area (Å²) < 4.78 is 1.71. The van der Waals surface area contributed by atoms with Crippen LogP contribution in [-0.2, 0) is 6.54 Å². The molecule has 24 heavy (non-hydrogen) atoms. The van der Waals surface area contributed by atoms with Crippen molar-refractivity contribution < 1.29 is 0 Å². The van der Waals surface area contributed by atoms with Crippen molar-refractivity contribution in [1.29, 1.82) is 0 Å². The Balaban J connectivity index is 2.11. The Morgan fingerprint density at radius 2 is 1.71 bits per heavy atom. The largest absolute Gasteiger partial charge is 0.309 e. The lowest BCUT2D eigenvalue weighted by Crippen LogP contribution is -2.19. The van der Waals surface area contributed by atoms with Crippen LogP contribution in [0.25, 0.3) is 33.2 Å². The second kappa shape index (κ2) is 5.45. The standard InChI is InChI=1S/C19H15N3O2/c1-2-22-16-10-6-4-7-12(16)14(11-17(22)23)18-20-15-9-5-3-8-13(15)19(24)21-18/h3-11H,2H2,1H3,(H,20,21,24). The number of para-hydroxylation sites is 2. The highest BCUT2D eigenvalue weighted by Crippen LogP contribution is 2.24. The molecule has 0 saturated carbocycles. The quantitative estimate of drug-likeness (QED) is 0.618. The Kier molecular flexibility index (Phi) is 3.27. The van der Waals surface area contributed by atoms with Gasteiger partial charge in [0.2, 0.25) is 0 Å². The van der Waals surface area contributed by atoms with E-state index in [1.54, 1.807) is 28.8 Å². The Bertz CT molecular complexity index is 1190. The first kappa shape index (κ1) is 14.4. The fraction of sp³-hybridized carbons (Fsp3) is 0.105. The van der Waals surface area contributed by atoms with Gasteiger partial charge in [-0.15, -0.1) is 0 Å². The van der Waals surface area contributed by atoms with E-state index in [9.17, 15) is 9.59 Å². The summed E-state index contributed by atoms with van der Waals surface area (Å²) in [5.74, 6) is 0.412. The zero-order valence-electron chi connectivity index (χ0n) is 13.1. The average molecular weight is 317 g/mol. The minimum atomic E-state index is -0.209. The van der Waals surface area contributed by atoms with E-state index >= 15 is 0 Å². The van der Waals surface area contributed by atoms with Crippen molar-refractivity contribution in [2.45, 2.75) is 13.5 Å². The van der Waals surface area contributed by atoms with E-state index < -0.39 is 0 Å². The van der Waals surface area contributed by atoms with Gasteiger partial charge in [-0.1, -0.05) is 30.3 Å². The molecular weight excluding hydrogens is 302 g/mol. The van der Waals surface area contributed by atoms with Gasteiger partial charge in [-0.25, -0.2) is 4.98 Å². The van der Waals surface area contributed by atoms with Gasteiger partial charge < -0.3 is 9.55 Å². The maximum Gasteiger partial charge on any atom is 0.259 e. The Hall–Kier alpha value is -3.21. The Morgan fingerprint density at radius 3 is 2.50 bits per heavy atom. The molecule has 0 fully saturated rings. The van der Waals surface area contributed by atoms with E-state index in [1.165, 1.54) is 0 Å². The number of nitrogens with zero attached hydrogens (tertiary/aromatic N) is 2. The lowest BCUT2D eigenvalue weighted by atomic mass is 10.1. The maximum atomic E-state index is 12.5. The van der Waals surface area contributed by atoms with Crippen molar-refractivity contribution in [3.8, 4) is 11.4 Å². The molecule has 0 amide bonds. The average Bonchev–Trinajstić information content (AvgIpc) is 2.61. The summed E-state index contributed by atoms with van der Waals surface area (Å²) in [6.07, 6.45) is 0. The number of pyridine rings is 1. The van der Waals surface area contributed by atoms with E-state index in [1.807, 2.05) is 37.3 Å². The molecule has 0 aliphatic rings. The zero-order valence-corrected chi connectivity index (χ0v) is 13.1. The van der Waals surface area contributed by atoms with E-state index in [0.717, 1.165) is 10.9 Å². The van der Waals surface area contributed by atoms with Gasteiger partial charge in [0.25, 0.3) is 11.1 Å². The molecule has 0 unspecified atom stereocenters. The number of H-pyrrole nitrogens is 1. The summed E-state index contributed by atoms with van der Waals surface area (Å²) in [6.45, 7) is 2.52. The number of hydrogen-bond acceptors (Lipinski definition) is 3. The third-order valence-electron chi connectivity index (χ3n) is 4.20. The lowest BCUT2D eigenvalue weighted by Gasteiger charge is -2.11. The van der Waals surface area contributed by atoms with Crippen molar-refractivity contribution in [3.05, 3.63) is 75.3 Å². The number of benzene rings is 2. The third kappa shape index (κ3) is 2.13. The van der Waals surface area contributed by atoms with E-state index in [2.05, 4.69) is 9.97 Å². The first-order valence-corrected chi connectivity index (χ1v) is 7.81. The van der Waals surface area contributed by atoms with Crippen LogP contribution in [0.5, 0.6) is 0 Å².